The van der Waals surface area contributed by atoms with Crippen LogP contribution in [0.4, 0.5) is 0 Å². The first-order valence-corrected chi connectivity index (χ1v) is 15.8. The van der Waals surface area contributed by atoms with Crippen LogP contribution in [0.5, 0.6) is 5.75 Å². The molecule has 2 fully saturated rings. The van der Waals surface area contributed by atoms with Gasteiger partial charge in [-0.2, -0.15) is 0 Å². The molecule has 44 heavy (non-hydrogen) atoms. The maximum atomic E-state index is 11.3. The third-order valence-electron chi connectivity index (χ3n) is 8.81. The highest BCUT2D eigenvalue weighted by Gasteiger charge is 2.51. The van der Waals surface area contributed by atoms with Crippen molar-refractivity contribution in [3.05, 3.63) is 90.0 Å². The molecule has 7 nitrogen and oxygen atoms in total. The third kappa shape index (κ3) is 8.90. The highest BCUT2D eigenvalue weighted by Crippen LogP contribution is 2.45. The summed E-state index contributed by atoms with van der Waals surface area (Å²) in [6.45, 7) is 10.3. The fourth-order valence-corrected chi connectivity index (χ4v) is 6.58. The van der Waals surface area contributed by atoms with E-state index in [4.69, 9.17) is 23.7 Å². The minimum atomic E-state index is -1.04. The number of aliphatic hydroxyl groups excluding tert-OH is 1. The summed E-state index contributed by atoms with van der Waals surface area (Å²) in [5, 5.41) is 24.5. The summed E-state index contributed by atoms with van der Waals surface area (Å²) >= 11 is 0. The van der Waals surface area contributed by atoms with E-state index >= 15 is 0 Å². The molecule has 3 aromatic rings. The maximum absolute atomic E-state index is 11.3. The Labute approximate surface area is 261 Å². The molecule has 7 heteroatoms. The Kier molecular flexibility index (Phi) is 10.8. The lowest BCUT2D eigenvalue weighted by atomic mass is 9.80. The van der Waals surface area contributed by atoms with Crippen molar-refractivity contribution in [1.82, 2.24) is 0 Å². The Bertz CT molecular complexity index is 1370. The van der Waals surface area contributed by atoms with Gasteiger partial charge in [0.25, 0.3) is 0 Å². The summed E-state index contributed by atoms with van der Waals surface area (Å²) < 4.78 is 30.3. The maximum Gasteiger partial charge on any atom is 0.174 e. The topological polar surface area (TPSA) is 86.6 Å². The average molecular weight is 605 g/mol. The lowest BCUT2D eigenvalue weighted by Gasteiger charge is -2.51. The fourth-order valence-electron chi connectivity index (χ4n) is 6.58. The van der Waals surface area contributed by atoms with Crippen molar-refractivity contribution in [2.45, 2.75) is 95.3 Å². The number of rotatable bonds is 13. The van der Waals surface area contributed by atoms with Gasteiger partial charge in [-0.05, 0) is 66.3 Å². The van der Waals surface area contributed by atoms with Crippen LogP contribution in [0.15, 0.2) is 78.9 Å². The predicted octanol–water partition coefficient (Wildman–Crippen LogP) is 6.72. The lowest BCUT2D eigenvalue weighted by Crippen LogP contribution is -2.58. The third-order valence-corrected chi connectivity index (χ3v) is 8.81. The summed E-state index contributed by atoms with van der Waals surface area (Å²) in [4.78, 5) is 0. The number of benzene rings is 3. The van der Waals surface area contributed by atoms with E-state index < -0.39 is 17.5 Å². The Morgan fingerprint density at radius 2 is 1.66 bits per heavy atom. The second kappa shape index (κ2) is 14.5. The second-order valence-electron chi connectivity index (χ2n) is 13.0. The molecular weight excluding hydrogens is 556 g/mol. The number of ether oxygens (including phenoxy) is 5. The van der Waals surface area contributed by atoms with E-state index in [1.165, 1.54) is 10.8 Å². The number of hydrogen-bond donors (Lipinski definition) is 2. The van der Waals surface area contributed by atoms with Crippen molar-refractivity contribution in [3.8, 4) is 5.75 Å². The van der Waals surface area contributed by atoms with Gasteiger partial charge in [-0.1, -0.05) is 67.6 Å². The molecule has 6 atom stereocenters. The van der Waals surface area contributed by atoms with Gasteiger partial charge in [0, 0.05) is 31.8 Å². The van der Waals surface area contributed by atoms with E-state index in [1.807, 2.05) is 43.3 Å². The van der Waals surface area contributed by atoms with E-state index in [1.54, 1.807) is 7.11 Å². The molecule has 0 aliphatic carbocycles. The van der Waals surface area contributed by atoms with Crippen molar-refractivity contribution in [1.29, 1.82) is 0 Å². The molecule has 3 aromatic carbocycles. The molecule has 2 aliphatic rings. The van der Waals surface area contributed by atoms with Crippen LogP contribution in [0.25, 0.3) is 10.8 Å². The Morgan fingerprint density at radius 1 is 0.955 bits per heavy atom. The zero-order valence-corrected chi connectivity index (χ0v) is 26.4. The smallest absolute Gasteiger partial charge is 0.174 e. The molecule has 0 unspecified atom stereocenters. The molecule has 0 aromatic heterocycles. The molecule has 0 saturated carbocycles. The van der Waals surface area contributed by atoms with Crippen LogP contribution in [0.1, 0.15) is 63.5 Å². The van der Waals surface area contributed by atoms with Crippen LogP contribution in [0, 0.1) is 5.92 Å². The van der Waals surface area contributed by atoms with E-state index in [0.717, 1.165) is 22.4 Å². The lowest BCUT2D eigenvalue weighted by molar-refractivity contribution is -0.350. The molecule has 5 rings (SSSR count). The van der Waals surface area contributed by atoms with Gasteiger partial charge in [0.05, 0.1) is 50.8 Å². The van der Waals surface area contributed by atoms with Crippen molar-refractivity contribution in [2.24, 2.45) is 5.92 Å². The molecule has 238 valence electrons. The van der Waals surface area contributed by atoms with E-state index in [0.29, 0.717) is 65.0 Å². The molecule has 2 saturated heterocycles. The first-order chi connectivity index (χ1) is 21.1. The van der Waals surface area contributed by atoms with Gasteiger partial charge in [-0.25, -0.2) is 0 Å². The first kappa shape index (κ1) is 32.6. The highest BCUT2D eigenvalue weighted by molar-refractivity contribution is 5.82. The second-order valence-corrected chi connectivity index (χ2v) is 13.0. The van der Waals surface area contributed by atoms with Gasteiger partial charge in [0.15, 0.2) is 5.79 Å². The van der Waals surface area contributed by atoms with Crippen molar-refractivity contribution < 1.29 is 33.9 Å². The number of fused-ring (bicyclic) bond motifs is 1. The summed E-state index contributed by atoms with van der Waals surface area (Å²) in [6.07, 6.45) is 1.80. The number of aliphatic hydroxyl groups is 2. The Morgan fingerprint density at radius 3 is 2.43 bits per heavy atom. The van der Waals surface area contributed by atoms with Crippen molar-refractivity contribution in [2.75, 3.05) is 20.3 Å². The minimum absolute atomic E-state index is 0.116. The van der Waals surface area contributed by atoms with Crippen LogP contribution >= 0.6 is 0 Å². The summed E-state index contributed by atoms with van der Waals surface area (Å²) in [5.41, 5.74) is 2.23. The van der Waals surface area contributed by atoms with Crippen molar-refractivity contribution >= 4 is 10.8 Å². The van der Waals surface area contributed by atoms with Gasteiger partial charge < -0.3 is 33.9 Å². The first-order valence-electron chi connectivity index (χ1n) is 15.8. The van der Waals surface area contributed by atoms with E-state index in [2.05, 4.69) is 43.8 Å². The minimum Gasteiger partial charge on any atom is -0.497 e. The average Bonchev–Trinajstić information content (AvgIpc) is 2.98. The largest absolute Gasteiger partial charge is 0.497 e. The van der Waals surface area contributed by atoms with Crippen LogP contribution < -0.4 is 4.74 Å². The molecule has 2 aliphatic heterocycles. The standard InChI is InChI=1S/C37H48O7/c1-26(27(2)22-42-23-28-10-13-33(40-4)14-11-28)17-35-21-36(3,39)25-37(44-35)20-32(38)19-34(43-37)15-16-41-24-29-9-12-30-7-5-6-8-31(30)18-29/h5-14,18,27,32,34-35,38-39H,1,15-17,19-25H2,2-4H3/t27-,32-,34-,35-,36-,37+/m0/s1. The molecular formula is C37H48O7. The van der Waals surface area contributed by atoms with Gasteiger partial charge >= 0.3 is 0 Å². The molecule has 1 spiro atoms. The van der Waals surface area contributed by atoms with Crippen LogP contribution in [-0.4, -0.2) is 60.2 Å². The molecule has 0 bridgehead atoms. The van der Waals surface area contributed by atoms with Gasteiger partial charge in [-0.15, -0.1) is 0 Å². The van der Waals surface area contributed by atoms with Crippen LogP contribution in [0.2, 0.25) is 0 Å². The summed E-state index contributed by atoms with van der Waals surface area (Å²) in [5.74, 6) is -0.102. The summed E-state index contributed by atoms with van der Waals surface area (Å²) in [7, 11) is 1.65. The van der Waals surface area contributed by atoms with Crippen LogP contribution in [-0.2, 0) is 32.2 Å². The van der Waals surface area contributed by atoms with Gasteiger partial charge in [0.2, 0.25) is 0 Å². The van der Waals surface area contributed by atoms with E-state index in [9.17, 15) is 10.2 Å². The SMILES string of the molecule is C=C(C[C@H]1C[C@](C)(O)C[C@@]2(C[C@@H](O)C[C@H](CCOCc3ccc4ccccc4c3)O2)O1)[C@@H](C)COCc1ccc(OC)cc1. The molecule has 0 amide bonds. The molecule has 0 radical (unpaired) electrons. The zero-order valence-electron chi connectivity index (χ0n) is 26.4. The van der Waals surface area contributed by atoms with Gasteiger partial charge in [-0.3, -0.25) is 0 Å². The number of methoxy groups -OCH3 is 1. The summed E-state index contributed by atoms with van der Waals surface area (Å²) in [6, 6.07) is 22.5. The monoisotopic (exact) mass is 604 g/mol. The Hall–Kier alpha value is -2.78. The zero-order chi connectivity index (χ0) is 31.2. The predicted molar refractivity (Wildman–Crippen MR) is 171 cm³/mol. The quantitative estimate of drug-likeness (QED) is 0.165. The Balaban J connectivity index is 1.11. The van der Waals surface area contributed by atoms with E-state index in [-0.39, 0.29) is 18.1 Å². The highest BCUT2D eigenvalue weighted by atomic mass is 16.7. The number of hydrogen-bond acceptors (Lipinski definition) is 7. The molecule has 2 heterocycles. The molecule has 2 N–H and O–H groups in total. The van der Waals surface area contributed by atoms with Crippen LogP contribution in [0.3, 0.4) is 0 Å². The van der Waals surface area contributed by atoms with Crippen molar-refractivity contribution in [3.63, 3.8) is 0 Å². The fraction of sp³-hybridized carbons (Fsp3) is 0.514. The normalized spacial score (nSPS) is 27.8. The van der Waals surface area contributed by atoms with Gasteiger partial charge in [0.1, 0.15) is 5.75 Å².